The molecule has 0 saturated carbocycles. The summed E-state index contributed by atoms with van der Waals surface area (Å²) in [7, 11) is 0. The van der Waals surface area contributed by atoms with Crippen LogP contribution in [0.4, 0.5) is 5.82 Å². The predicted molar refractivity (Wildman–Crippen MR) is 86.6 cm³/mol. The van der Waals surface area contributed by atoms with E-state index >= 15 is 0 Å². The molecule has 2 atom stereocenters. The number of pyridine rings is 1. The number of benzene rings is 1. The highest BCUT2D eigenvalue weighted by molar-refractivity contribution is 9.09. The summed E-state index contributed by atoms with van der Waals surface area (Å²) in [5.74, 6) is 3.38. The summed E-state index contributed by atoms with van der Waals surface area (Å²) in [5, 5.41) is 3.26. The van der Waals surface area contributed by atoms with E-state index in [0.717, 1.165) is 40.0 Å². The summed E-state index contributed by atoms with van der Waals surface area (Å²) in [4.78, 5) is 7.08. The van der Waals surface area contributed by atoms with Gasteiger partial charge in [-0.1, -0.05) is 22.9 Å². The Kier molecular flexibility index (Phi) is 3.17. The Labute approximate surface area is 132 Å². The van der Waals surface area contributed by atoms with Crippen LogP contribution in [0.5, 0.6) is 11.5 Å². The van der Waals surface area contributed by atoms with Crippen molar-refractivity contribution in [2.24, 2.45) is 5.92 Å². The maximum absolute atomic E-state index is 5.52. The second-order valence-electron chi connectivity index (χ2n) is 5.74. The molecule has 2 aromatic rings. The van der Waals surface area contributed by atoms with Crippen molar-refractivity contribution in [1.82, 2.24) is 4.98 Å². The molecule has 110 valence electrons. The average Bonchev–Trinajstić information content (AvgIpc) is 3.09. The summed E-state index contributed by atoms with van der Waals surface area (Å²) in [5.41, 5.74) is 0. The summed E-state index contributed by atoms with van der Waals surface area (Å²) < 4.78 is 11.0. The topological polar surface area (TPSA) is 34.6 Å². The van der Waals surface area contributed by atoms with Gasteiger partial charge in [0, 0.05) is 29.5 Å². The van der Waals surface area contributed by atoms with E-state index in [2.05, 4.69) is 38.8 Å². The maximum Gasteiger partial charge on any atom is 0.231 e. The molecule has 2 aliphatic heterocycles. The third-order valence-electron chi connectivity index (χ3n) is 4.55. The monoisotopic (exact) mass is 348 g/mol. The molecule has 5 heteroatoms. The van der Waals surface area contributed by atoms with Gasteiger partial charge in [-0.05, 0) is 35.9 Å². The highest BCUT2D eigenvalue weighted by atomic mass is 79.9. The van der Waals surface area contributed by atoms with Crippen LogP contribution in [0.3, 0.4) is 0 Å². The molecule has 4 nitrogen and oxygen atoms in total. The third-order valence-corrected chi connectivity index (χ3v) is 5.21. The smallest absolute Gasteiger partial charge is 0.231 e. The van der Waals surface area contributed by atoms with Crippen LogP contribution in [-0.2, 0) is 0 Å². The Morgan fingerprint density at radius 2 is 2.14 bits per heavy atom. The first-order valence-corrected chi connectivity index (χ1v) is 8.41. The Hall–Kier alpha value is -1.49. The predicted octanol–water partition coefficient (Wildman–Crippen LogP) is 3.57. The molecule has 4 rings (SSSR count). The lowest BCUT2D eigenvalue weighted by Crippen LogP contribution is -2.34. The highest BCUT2D eigenvalue weighted by Gasteiger charge is 2.32. The van der Waals surface area contributed by atoms with Crippen LogP contribution >= 0.6 is 15.9 Å². The van der Waals surface area contributed by atoms with Crippen LogP contribution < -0.4 is 14.4 Å². The van der Waals surface area contributed by atoms with Crippen molar-refractivity contribution < 1.29 is 9.47 Å². The first kappa shape index (κ1) is 13.2. The standard InChI is InChI=1S/C16H17BrN2O2/c1-10-3-5-19(13(10)8-17)16-12-7-15-14(20-9-21-15)6-11(12)2-4-18-16/h2,4,6-7,10,13H,3,5,8-9H2,1H3. The zero-order valence-corrected chi connectivity index (χ0v) is 13.5. The Balaban J connectivity index is 1.85. The molecule has 0 bridgehead atoms. The number of anilines is 1. The van der Waals surface area contributed by atoms with Gasteiger partial charge in [0.25, 0.3) is 0 Å². The lowest BCUT2D eigenvalue weighted by molar-refractivity contribution is 0.174. The van der Waals surface area contributed by atoms with Gasteiger partial charge in [-0.25, -0.2) is 4.98 Å². The molecule has 1 aromatic heterocycles. The number of rotatable bonds is 2. The molecule has 1 fully saturated rings. The van der Waals surface area contributed by atoms with E-state index < -0.39 is 0 Å². The first-order valence-electron chi connectivity index (χ1n) is 7.29. The first-order chi connectivity index (χ1) is 10.3. The van der Waals surface area contributed by atoms with E-state index in [9.17, 15) is 0 Å². The minimum Gasteiger partial charge on any atom is -0.454 e. The highest BCUT2D eigenvalue weighted by Crippen LogP contribution is 2.40. The van der Waals surface area contributed by atoms with Gasteiger partial charge in [0.2, 0.25) is 6.79 Å². The van der Waals surface area contributed by atoms with E-state index in [1.54, 1.807) is 0 Å². The molecule has 0 amide bonds. The number of alkyl halides is 1. The minimum absolute atomic E-state index is 0.305. The SMILES string of the molecule is CC1CCN(c2nccc3cc4c(cc23)OCO4)C1CBr. The third kappa shape index (κ3) is 2.06. The van der Waals surface area contributed by atoms with Crippen molar-refractivity contribution in [2.45, 2.75) is 19.4 Å². The molecule has 2 aliphatic rings. The van der Waals surface area contributed by atoms with Crippen molar-refractivity contribution in [1.29, 1.82) is 0 Å². The number of hydrogen-bond acceptors (Lipinski definition) is 4. The number of ether oxygens (including phenoxy) is 2. The van der Waals surface area contributed by atoms with Gasteiger partial charge >= 0.3 is 0 Å². The minimum atomic E-state index is 0.305. The maximum atomic E-state index is 5.52. The van der Waals surface area contributed by atoms with Gasteiger partial charge in [-0.3, -0.25) is 0 Å². The van der Waals surface area contributed by atoms with E-state index in [1.165, 1.54) is 6.42 Å². The number of halogens is 1. The van der Waals surface area contributed by atoms with E-state index in [4.69, 9.17) is 9.47 Å². The van der Waals surface area contributed by atoms with Crippen LogP contribution in [-0.4, -0.2) is 29.7 Å². The zero-order valence-electron chi connectivity index (χ0n) is 11.9. The molecule has 3 heterocycles. The second kappa shape index (κ2) is 5.05. The quantitative estimate of drug-likeness (QED) is 0.777. The van der Waals surface area contributed by atoms with Crippen LogP contribution in [0.15, 0.2) is 24.4 Å². The number of hydrogen-bond donors (Lipinski definition) is 0. The van der Waals surface area contributed by atoms with Crippen LogP contribution in [0.1, 0.15) is 13.3 Å². The van der Waals surface area contributed by atoms with Crippen molar-refractivity contribution >= 4 is 32.5 Å². The lowest BCUT2D eigenvalue weighted by Gasteiger charge is -2.27. The Bertz CT molecular complexity index is 691. The summed E-state index contributed by atoms with van der Waals surface area (Å²) in [6.45, 7) is 3.67. The van der Waals surface area contributed by atoms with Crippen molar-refractivity contribution in [3.8, 4) is 11.5 Å². The van der Waals surface area contributed by atoms with Gasteiger partial charge in [0.1, 0.15) is 5.82 Å². The van der Waals surface area contributed by atoms with Gasteiger partial charge < -0.3 is 14.4 Å². The van der Waals surface area contributed by atoms with E-state index in [1.807, 2.05) is 18.3 Å². The largest absolute Gasteiger partial charge is 0.454 e. The Morgan fingerprint density at radius 1 is 1.33 bits per heavy atom. The summed E-state index contributed by atoms with van der Waals surface area (Å²) in [6.07, 6.45) is 3.09. The van der Waals surface area contributed by atoms with Crippen molar-refractivity contribution in [3.05, 3.63) is 24.4 Å². The van der Waals surface area contributed by atoms with Gasteiger partial charge in [0.15, 0.2) is 11.5 Å². The number of fused-ring (bicyclic) bond motifs is 2. The van der Waals surface area contributed by atoms with Crippen LogP contribution in [0, 0.1) is 5.92 Å². The van der Waals surface area contributed by atoms with Gasteiger partial charge in [-0.15, -0.1) is 0 Å². The second-order valence-corrected chi connectivity index (χ2v) is 6.39. The van der Waals surface area contributed by atoms with E-state index in [-0.39, 0.29) is 0 Å². The Morgan fingerprint density at radius 3 is 2.95 bits per heavy atom. The molecule has 1 aromatic carbocycles. The van der Waals surface area contributed by atoms with Crippen LogP contribution in [0.25, 0.3) is 10.8 Å². The zero-order chi connectivity index (χ0) is 14.4. The molecule has 2 unspecified atom stereocenters. The van der Waals surface area contributed by atoms with Crippen LogP contribution in [0.2, 0.25) is 0 Å². The average molecular weight is 349 g/mol. The molecular weight excluding hydrogens is 332 g/mol. The fourth-order valence-electron chi connectivity index (χ4n) is 3.28. The fraction of sp³-hybridized carbons (Fsp3) is 0.438. The lowest BCUT2D eigenvalue weighted by atomic mass is 10.0. The molecule has 0 aliphatic carbocycles. The van der Waals surface area contributed by atoms with Gasteiger partial charge in [-0.2, -0.15) is 0 Å². The normalized spacial score (nSPS) is 24.0. The molecular formula is C16H17BrN2O2. The van der Waals surface area contributed by atoms with Crippen molar-refractivity contribution in [2.75, 3.05) is 23.6 Å². The molecule has 0 N–H and O–H groups in total. The number of aromatic nitrogens is 1. The molecule has 0 spiro atoms. The fourth-order valence-corrected chi connectivity index (χ4v) is 4.27. The molecule has 0 radical (unpaired) electrons. The van der Waals surface area contributed by atoms with E-state index in [0.29, 0.717) is 18.8 Å². The summed E-state index contributed by atoms with van der Waals surface area (Å²) >= 11 is 3.65. The number of nitrogens with zero attached hydrogens (tertiary/aromatic N) is 2. The molecule has 21 heavy (non-hydrogen) atoms. The molecule has 1 saturated heterocycles. The summed E-state index contributed by atoms with van der Waals surface area (Å²) in [6, 6.07) is 6.64. The van der Waals surface area contributed by atoms with Crippen molar-refractivity contribution in [3.63, 3.8) is 0 Å². The van der Waals surface area contributed by atoms with Gasteiger partial charge in [0.05, 0.1) is 0 Å².